The summed E-state index contributed by atoms with van der Waals surface area (Å²) in [6, 6.07) is 11.6. The van der Waals surface area contributed by atoms with Gasteiger partial charge in [-0.3, -0.25) is 4.79 Å². The van der Waals surface area contributed by atoms with Crippen LogP contribution in [0.15, 0.2) is 42.5 Å². The van der Waals surface area contributed by atoms with Crippen LogP contribution in [0.3, 0.4) is 0 Å². The van der Waals surface area contributed by atoms with Gasteiger partial charge in [0.25, 0.3) is 5.91 Å². The maximum Gasteiger partial charge on any atom is 0.337 e. The van der Waals surface area contributed by atoms with Crippen LogP contribution < -0.4 is 5.32 Å². The maximum atomic E-state index is 12.2. The Kier molecular flexibility index (Phi) is 4.60. The van der Waals surface area contributed by atoms with E-state index in [1.54, 1.807) is 12.1 Å². The zero-order valence-electron chi connectivity index (χ0n) is 11.4. The predicted molar refractivity (Wildman–Crippen MR) is 82.2 cm³/mol. The van der Waals surface area contributed by atoms with Crippen molar-refractivity contribution in [1.82, 2.24) is 0 Å². The number of hydrogen-bond acceptors (Lipinski definition) is 2. The molecule has 4 nitrogen and oxygen atoms in total. The number of nitrogens with one attached hydrogen (secondary N) is 1. The van der Waals surface area contributed by atoms with Gasteiger partial charge in [0.2, 0.25) is 0 Å². The van der Waals surface area contributed by atoms with Crippen molar-refractivity contribution < 1.29 is 14.7 Å². The van der Waals surface area contributed by atoms with Crippen LogP contribution in [0.2, 0.25) is 5.02 Å². The highest BCUT2D eigenvalue weighted by Crippen LogP contribution is 2.26. The van der Waals surface area contributed by atoms with Gasteiger partial charge in [0, 0.05) is 5.56 Å². The lowest BCUT2D eigenvalue weighted by atomic mass is 10.1. The third kappa shape index (κ3) is 3.41. The number of carbonyl (C=O) groups is 2. The average Bonchev–Trinajstić information content (AvgIpc) is 2.49. The molecule has 0 aliphatic carbocycles. The van der Waals surface area contributed by atoms with Crippen LogP contribution in [0, 0.1) is 0 Å². The highest BCUT2D eigenvalue weighted by atomic mass is 35.5. The molecule has 0 heterocycles. The molecule has 0 saturated carbocycles. The number of aromatic carboxylic acids is 1. The van der Waals surface area contributed by atoms with E-state index >= 15 is 0 Å². The van der Waals surface area contributed by atoms with E-state index in [0.717, 1.165) is 12.0 Å². The second-order valence-electron chi connectivity index (χ2n) is 4.47. The lowest BCUT2D eigenvalue weighted by molar-refractivity contribution is 0.0698. The Morgan fingerprint density at radius 2 is 1.81 bits per heavy atom. The molecule has 0 spiro atoms. The molecule has 2 aromatic carbocycles. The van der Waals surface area contributed by atoms with Crippen LogP contribution in [0.4, 0.5) is 5.69 Å². The number of hydrogen-bond donors (Lipinski definition) is 2. The minimum absolute atomic E-state index is 0.0407. The Hall–Kier alpha value is -2.33. The largest absolute Gasteiger partial charge is 0.478 e. The number of halogens is 1. The van der Waals surface area contributed by atoms with Crippen LogP contribution in [-0.2, 0) is 6.42 Å². The molecule has 0 unspecified atom stereocenters. The molecule has 2 N–H and O–H groups in total. The summed E-state index contributed by atoms with van der Waals surface area (Å²) in [6.07, 6.45) is 0.884. The Morgan fingerprint density at radius 1 is 1.14 bits per heavy atom. The molecule has 0 bridgehead atoms. The van der Waals surface area contributed by atoms with Crippen molar-refractivity contribution in [1.29, 1.82) is 0 Å². The van der Waals surface area contributed by atoms with E-state index < -0.39 is 11.9 Å². The van der Waals surface area contributed by atoms with E-state index in [-0.39, 0.29) is 16.3 Å². The predicted octanol–water partition coefficient (Wildman–Crippen LogP) is 3.85. The third-order valence-electron chi connectivity index (χ3n) is 3.11. The lowest BCUT2D eigenvalue weighted by Crippen LogP contribution is -2.15. The highest BCUT2D eigenvalue weighted by molar-refractivity contribution is 6.34. The number of carboxylic acid groups (broad SMARTS) is 1. The molecule has 5 heteroatoms. The van der Waals surface area contributed by atoms with Crippen molar-refractivity contribution in [2.24, 2.45) is 0 Å². The summed E-state index contributed by atoms with van der Waals surface area (Å²) in [7, 11) is 0. The topological polar surface area (TPSA) is 66.4 Å². The number of benzene rings is 2. The molecule has 2 aromatic rings. The molecule has 0 aliphatic rings. The second-order valence-corrected chi connectivity index (χ2v) is 4.88. The van der Waals surface area contributed by atoms with Gasteiger partial charge in [-0.15, -0.1) is 0 Å². The summed E-state index contributed by atoms with van der Waals surface area (Å²) >= 11 is 5.97. The molecule has 0 aromatic heterocycles. The van der Waals surface area contributed by atoms with E-state index in [9.17, 15) is 9.59 Å². The molecular weight excluding hydrogens is 290 g/mol. The first kappa shape index (κ1) is 15.1. The fraction of sp³-hybridized carbons (Fsp3) is 0.125. The molecule has 0 atom stereocenters. The van der Waals surface area contributed by atoms with Gasteiger partial charge in [-0.05, 0) is 36.2 Å². The highest BCUT2D eigenvalue weighted by Gasteiger charge is 2.16. The average molecular weight is 304 g/mol. The Labute approximate surface area is 127 Å². The molecule has 0 aliphatic heterocycles. The summed E-state index contributed by atoms with van der Waals surface area (Å²) in [5.41, 5.74) is 1.64. The zero-order chi connectivity index (χ0) is 15.4. The molecule has 0 radical (unpaired) electrons. The normalized spacial score (nSPS) is 10.2. The molecular formula is C16H14ClNO3. The number of amides is 1. The van der Waals surface area contributed by atoms with Gasteiger partial charge in [-0.1, -0.05) is 36.7 Å². The first-order valence-electron chi connectivity index (χ1n) is 6.45. The molecule has 0 fully saturated rings. The van der Waals surface area contributed by atoms with Gasteiger partial charge >= 0.3 is 5.97 Å². The van der Waals surface area contributed by atoms with E-state index in [4.69, 9.17) is 16.7 Å². The summed E-state index contributed by atoms with van der Waals surface area (Å²) in [4.78, 5) is 23.3. The Balaban J connectivity index is 2.29. The summed E-state index contributed by atoms with van der Waals surface area (Å²) in [5, 5.41) is 11.9. The number of carbonyl (C=O) groups excluding carboxylic acids is 1. The van der Waals surface area contributed by atoms with Gasteiger partial charge in [-0.25, -0.2) is 4.79 Å². The van der Waals surface area contributed by atoms with Crippen LogP contribution in [0.5, 0.6) is 0 Å². The summed E-state index contributed by atoms with van der Waals surface area (Å²) in [6.45, 7) is 2.03. The van der Waals surface area contributed by atoms with E-state index in [2.05, 4.69) is 5.32 Å². The van der Waals surface area contributed by atoms with Gasteiger partial charge in [-0.2, -0.15) is 0 Å². The number of rotatable bonds is 4. The number of aryl methyl sites for hydroxylation is 1. The quantitative estimate of drug-likeness (QED) is 0.901. The first-order valence-corrected chi connectivity index (χ1v) is 6.82. The van der Waals surface area contributed by atoms with Crippen LogP contribution in [0.1, 0.15) is 33.2 Å². The third-order valence-corrected chi connectivity index (χ3v) is 3.42. The van der Waals surface area contributed by atoms with Crippen LogP contribution in [0.25, 0.3) is 0 Å². The van der Waals surface area contributed by atoms with E-state index in [0.29, 0.717) is 5.56 Å². The Bertz CT molecular complexity index is 680. The number of anilines is 1. The van der Waals surface area contributed by atoms with Crippen molar-refractivity contribution in [2.45, 2.75) is 13.3 Å². The maximum absolute atomic E-state index is 12.2. The molecule has 2 rings (SSSR count). The Morgan fingerprint density at radius 3 is 2.38 bits per heavy atom. The van der Waals surface area contributed by atoms with Crippen LogP contribution in [-0.4, -0.2) is 17.0 Å². The lowest BCUT2D eigenvalue weighted by Gasteiger charge is -2.10. The van der Waals surface area contributed by atoms with Crippen molar-refractivity contribution >= 4 is 29.2 Å². The van der Waals surface area contributed by atoms with Gasteiger partial charge in [0.15, 0.2) is 0 Å². The van der Waals surface area contributed by atoms with E-state index in [1.165, 1.54) is 18.2 Å². The fourth-order valence-electron chi connectivity index (χ4n) is 1.91. The molecule has 0 saturated heterocycles. The zero-order valence-corrected chi connectivity index (χ0v) is 12.1. The fourth-order valence-corrected chi connectivity index (χ4v) is 2.13. The molecule has 21 heavy (non-hydrogen) atoms. The number of para-hydroxylation sites is 1. The molecule has 1 amide bonds. The summed E-state index contributed by atoms with van der Waals surface area (Å²) in [5.74, 6) is -1.54. The minimum atomic E-state index is -1.14. The SMILES string of the molecule is CCc1ccc(C(=O)Nc2c(Cl)cccc2C(=O)O)cc1. The minimum Gasteiger partial charge on any atom is -0.478 e. The standard InChI is InChI=1S/C16H14ClNO3/c1-2-10-6-8-11(9-7-10)15(19)18-14-12(16(20)21)4-3-5-13(14)17/h3-9H,2H2,1H3,(H,18,19)(H,20,21). The van der Waals surface area contributed by atoms with Crippen LogP contribution >= 0.6 is 11.6 Å². The smallest absolute Gasteiger partial charge is 0.337 e. The van der Waals surface area contributed by atoms with Crippen molar-refractivity contribution in [3.8, 4) is 0 Å². The second kappa shape index (κ2) is 6.41. The monoisotopic (exact) mass is 303 g/mol. The van der Waals surface area contributed by atoms with Gasteiger partial charge < -0.3 is 10.4 Å². The van der Waals surface area contributed by atoms with Crippen molar-refractivity contribution in [2.75, 3.05) is 5.32 Å². The van der Waals surface area contributed by atoms with Crippen molar-refractivity contribution in [3.05, 3.63) is 64.2 Å². The summed E-state index contributed by atoms with van der Waals surface area (Å²) < 4.78 is 0. The van der Waals surface area contributed by atoms with Crippen molar-refractivity contribution in [3.63, 3.8) is 0 Å². The van der Waals surface area contributed by atoms with E-state index in [1.807, 2.05) is 19.1 Å². The van der Waals surface area contributed by atoms with Gasteiger partial charge in [0.05, 0.1) is 16.3 Å². The molecule has 108 valence electrons. The number of carboxylic acids is 1. The van der Waals surface area contributed by atoms with Gasteiger partial charge in [0.1, 0.15) is 0 Å². The first-order chi connectivity index (χ1) is 10.0.